The van der Waals surface area contributed by atoms with Crippen LogP contribution in [0.2, 0.25) is 0 Å². The second kappa shape index (κ2) is 8.46. The van der Waals surface area contributed by atoms with E-state index in [1.165, 1.54) is 11.1 Å². The molecule has 15 heavy (non-hydrogen) atoms. The molecule has 1 nitrogen and oxygen atoms in total. The van der Waals surface area contributed by atoms with Crippen molar-refractivity contribution >= 4 is 5.78 Å². The Labute approximate surface area is 94.3 Å². The molecule has 0 aliphatic carbocycles. The summed E-state index contributed by atoms with van der Waals surface area (Å²) in [7, 11) is 0. The number of ketones is 1. The highest BCUT2D eigenvalue weighted by Gasteiger charge is 1.92. The summed E-state index contributed by atoms with van der Waals surface area (Å²) in [5, 5.41) is 0. The monoisotopic (exact) mass is 208 g/mol. The molecule has 0 aromatic rings. The van der Waals surface area contributed by atoms with Crippen LogP contribution in [-0.4, -0.2) is 5.78 Å². The van der Waals surface area contributed by atoms with Gasteiger partial charge in [0.05, 0.1) is 0 Å². The third-order valence-corrected chi connectivity index (χ3v) is 2.58. The van der Waals surface area contributed by atoms with Crippen molar-refractivity contribution in [3.63, 3.8) is 0 Å². The van der Waals surface area contributed by atoms with Crippen LogP contribution in [0, 0.1) is 0 Å². The molecule has 0 aliphatic heterocycles. The van der Waals surface area contributed by atoms with Gasteiger partial charge < -0.3 is 4.79 Å². The van der Waals surface area contributed by atoms with E-state index in [4.69, 9.17) is 0 Å². The van der Waals surface area contributed by atoms with Crippen LogP contribution in [0.1, 0.15) is 59.8 Å². The Morgan fingerprint density at radius 1 is 0.933 bits per heavy atom. The van der Waals surface area contributed by atoms with Crippen molar-refractivity contribution in [1.82, 2.24) is 0 Å². The van der Waals surface area contributed by atoms with E-state index in [1.54, 1.807) is 6.92 Å². The molecule has 0 atom stereocenters. The number of carbonyl (C=O) groups is 1. The first-order valence-electron chi connectivity index (χ1n) is 5.87. The molecule has 0 saturated carbocycles. The molecule has 0 rings (SSSR count). The molecule has 0 heterocycles. The molecule has 0 aromatic carbocycles. The molecule has 0 bridgehead atoms. The molecule has 0 saturated heterocycles. The molecule has 0 radical (unpaired) electrons. The lowest BCUT2D eigenvalue weighted by molar-refractivity contribution is -0.116. The van der Waals surface area contributed by atoms with Crippen LogP contribution in [-0.2, 0) is 4.79 Å². The highest BCUT2D eigenvalue weighted by Crippen LogP contribution is 2.09. The van der Waals surface area contributed by atoms with Crippen LogP contribution in [0.5, 0.6) is 0 Å². The summed E-state index contributed by atoms with van der Waals surface area (Å²) >= 11 is 0. The van der Waals surface area contributed by atoms with Crippen LogP contribution in [0.4, 0.5) is 0 Å². The zero-order chi connectivity index (χ0) is 11.7. The standard InChI is InChI=1S/C14H24O/c1-5-12(2)8-6-9-13(3)10-7-11-14(4)15/h8,10H,5-7,9,11H2,1-4H3/b12-8+,13-10+. The van der Waals surface area contributed by atoms with Gasteiger partial charge >= 0.3 is 0 Å². The predicted molar refractivity (Wildman–Crippen MR) is 67.0 cm³/mol. The van der Waals surface area contributed by atoms with Gasteiger partial charge in [-0.05, 0) is 46.5 Å². The van der Waals surface area contributed by atoms with Gasteiger partial charge in [0, 0.05) is 6.42 Å². The van der Waals surface area contributed by atoms with Crippen molar-refractivity contribution in [2.24, 2.45) is 0 Å². The van der Waals surface area contributed by atoms with Gasteiger partial charge in [0.1, 0.15) is 5.78 Å². The summed E-state index contributed by atoms with van der Waals surface area (Å²) in [6, 6.07) is 0. The van der Waals surface area contributed by atoms with Crippen molar-refractivity contribution in [2.75, 3.05) is 0 Å². The lowest BCUT2D eigenvalue weighted by Crippen LogP contribution is -1.87. The summed E-state index contributed by atoms with van der Waals surface area (Å²) < 4.78 is 0. The average molecular weight is 208 g/mol. The molecular weight excluding hydrogens is 184 g/mol. The second-order valence-electron chi connectivity index (χ2n) is 4.23. The van der Waals surface area contributed by atoms with Crippen LogP contribution in [0.15, 0.2) is 23.3 Å². The Bertz CT molecular complexity index is 246. The molecule has 0 N–H and O–H groups in total. The molecule has 0 amide bonds. The first-order chi connectivity index (χ1) is 7.06. The van der Waals surface area contributed by atoms with E-state index in [2.05, 4.69) is 32.9 Å². The topological polar surface area (TPSA) is 17.1 Å². The molecule has 0 aromatic heterocycles. The number of hydrogen-bond acceptors (Lipinski definition) is 1. The van der Waals surface area contributed by atoms with E-state index in [1.807, 2.05) is 0 Å². The highest BCUT2D eigenvalue weighted by atomic mass is 16.1. The van der Waals surface area contributed by atoms with Crippen LogP contribution >= 0.6 is 0 Å². The lowest BCUT2D eigenvalue weighted by Gasteiger charge is -1.99. The fourth-order valence-corrected chi connectivity index (χ4v) is 1.31. The van der Waals surface area contributed by atoms with Crippen molar-refractivity contribution in [2.45, 2.75) is 59.8 Å². The smallest absolute Gasteiger partial charge is 0.130 e. The maximum Gasteiger partial charge on any atom is 0.130 e. The quantitative estimate of drug-likeness (QED) is 0.565. The Balaban J connectivity index is 3.73. The fraction of sp³-hybridized carbons (Fsp3) is 0.643. The minimum Gasteiger partial charge on any atom is -0.300 e. The van der Waals surface area contributed by atoms with E-state index >= 15 is 0 Å². The molecule has 0 spiro atoms. The zero-order valence-electron chi connectivity index (χ0n) is 10.6. The van der Waals surface area contributed by atoms with Crippen LogP contribution in [0.3, 0.4) is 0 Å². The number of hydrogen-bond donors (Lipinski definition) is 0. The van der Waals surface area contributed by atoms with Gasteiger partial charge in [-0.1, -0.05) is 30.2 Å². The van der Waals surface area contributed by atoms with E-state index < -0.39 is 0 Å². The number of rotatable bonds is 7. The lowest BCUT2D eigenvalue weighted by atomic mass is 10.1. The minimum atomic E-state index is 0.278. The summed E-state index contributed by atoms with van der Waals surface area (Å²) in [5.41, 5.74) is 2.86. The molecule has 0 unspecified atom stereocenters. The molecule has 86 valence electrons. The molecule has 0 fully saturated rings. The minimum absolute atomic E-state index is 0.278. The first kappa shape index (κ1) is 14.2. The normalized spacial score (nSPS) is 13.1. The van der Waals surface area contributed by atoms with Crippen LogP contribution < -0.4 is 0 Å². The van der Waals surface area contributed by atoms with Gasteiger partial charge in [-0.15, -0.1) is 0 Å². The summed E-state index contributed by atoms with van der Waals surface area (Å²) in [6.07, 6.45) is 9.47. The van der Waals surface area contributed by atoms with Crippen molar-refractivity contribution in [1.29, 1.82) is 0 Å². The largest absolute Gasteiger partial charge is 0.300 e. The van der Waals surface area contributed by atoms with E-state index in [-0.39, 0.29) is 5.78 Å². The van der Waals surface area contributed by atoms with Gasteiger partial charge in [0.2, 0.25) is 0 Å². The first-order valence-corrected chi connectivity index (χ1v) is 5.87. The average Bonchev–Trinajstić information content (AvgIpc) is 2.17. The van der Waals surface area contributed by atoms with Crippen LogP contribution in [0.25, 0.3) is 0 Å². The van der Waals surface area contributed by atoms with Gasteiger partial charge in [-0.3, -0.25) is 0 Å². The second-order valence-corrected chi connectivity index (χ2v) is 4.23. The van der Waals surface area contributed by atoms with Gasteiger partial charge in [0.25, 0.3) is 0 Å². The van der Waals surface area contributed by atoms with E-state index in [0.717, 1.165) is 25.7 Å². The Morgan fingerprint density at radius 2 is 1.47 bits per heavy atom. The fourth-order valence-electron chi connectivity index (χ4n) is 1.31. The third kappa shape index (κ3) is 9.45. The number of allylic oxidation sites excluding steroid dienone is 4. The number of Topliss-reactive ketones (excluding diaryl/α,β-unsaturated/α-hetero) is 1. The summed E-state index contributed by atoms with van der Waals surface area (Å²) in [5.74, 6) is 0.278. The van der Waals surface area contributed by atoms with E-state index in [9.17, 15) is 4.79 Å². The predicted octanol–water partition coefficient (Wildman–Crippen LogP) is 4.44. The molecular formula is C14H24O. The van der Waals surface area contributed by atoms with Crippen molar-refractivity contribution in [3.8, 4) is 0 Å². The molecule has 0 aliphatic rings. The van der Waals surface area contributed by atoms with Crippen molar-refractivity contribution < 1.29 is 4.79 Å². The maximum absolute atomic E-state index is 10.7. The summed E-state index contributed by atoms with van der Waals surface area (Å²) in [4.78, 5) is 10.7. The van der Waals surface area contributed by atoms with Crippen molar-refractivity contribution in [3.05, 3.63) is 23.3 Å². The SMILES string of the molecule is CC/C(C)=C/CC/C(C)=C/CCC(C)=O. The van der Waals surface area contributed by atoms with Gasteiger partial charge in [-0.2, -0.15) is 0 Å². The van der Waals surface area contributed by atoms with Gasteiger partial charge in [0.15, 0.2) is 0 Å². The maximum atomic E-state index is 10.7. The van der Waals surface area contributed by atoms with Gasteiger partial charge in [-0.25, -0.2) is 0 Å². The molecule has 1 heteroatoms. The van der Waals surface area contributed by atoms with E-state index in [0.29, 0.717) is 6.42 Å². The zero-order valence-corrected chi connectivity index (χ0v) is 10.6. The summed E-state index contributed by atoms with van der Waals surface area (Å²) in [6.45, 7) is 8.15. The Kier molecular flexibility index (Phi) is 7.98. The Hall–Kier alpha value is -0.850. The number of carbonyl (C=O) groups excluding carboxylic acids is 1. The Morgan fingerprint density at radius 3 is 2.00 bits per heavy atom. The highest BCUT2D eigenvalue weighted by molar-refractivity contribution is 5.75. The third-order valence-electron chi connectivity index (χ3n) is 2.58.